The molecule has 0 radical (unpaired) electrons. The van der Waals surface area contributed by atoms with Gasteiger partial charge in [-0.3, -0.25) is 9.59 Å². The van der Waals surface area contributed by atoms with E-state index in [1.54, 1.807) is 54.5 Å². The molecule has 0 aliphatic rings. The molecule has 0 fully saturated rings. The van der Waals surface area contributed by atoms with Crippen LogP contribution in [-0.4, -0.2) is 29.8 Å². The molecule has 0 bridgehead atoms. The smallest absolute Gasteiger partial charge is 0.251 e. The molecule has 2 aromatic rings. The number of likely N-dealkylation sites (N-methyl/N-ethyl adjacent to an activating group) is 1. The average molecular weight is 316 g/mol. The van der Waals surface area contributed by atoms with E-state index >= 15 is 0 Å². The van der Waals surface area contributed by atoms with Crippen LogP contribution in [0.25, 0.3) is 0 Å². The molecule has 0 aliphatic heterocycles. The first kappa shape index (κ1) is 16.2. The lowest BCUT2D eigenvalue weighted by Gasteiger charge is -2.22. The fourth-order valence-electron chi connectivity index (χ4n) is 2.12. The van der Waals surface area contributed by atoms with Crippen molar-refractivity contribution in [2.45, 2.75) is 26.4 Å². The molecule has 0 saturated carbocycles. The SMILES string of the molecule is Cc1ccsc1CN(C)C(=O)[C@H](C)NC(=O)c1ccccc1. The molecule has 1 N–H and O–H groups in total. The van der Waals surface area contributed by atoms with E-state index in [1.165, 1.54) is 5.56 Å². The van der Waals surface area contributed by atoms with Crippen molar-refractivity contribution in [1.82, 2.24) is 10.2 Å². The van der Waals surface area contributed by atoms with Crippen LogP contribution in [0.1, 0.15) is 27.7 Å². The summed E-state index contributed by atoms with van der Waals surface area (Å²) in [6, 6.07) is 10.4. The Balaban J connectivity index is 1.94. The summed E-state index contributed by atoms with van der Waals surface area (Å²) in [5.74, 6) is -0.334. The summed E-state index contributed by atoms with van der Waals surface area (Å²) in [5, 5.41) is 4.76. The van der Waals surface area contributed by atoms with Crippen molar-refractivity contribution in [3.63, 3.8) is 0 Å². The van der Waals surface area contributed by atoms with Gasteiger partial charge >= 0.3 is 0 Å². The molecule has 1 heterocycles. The summed E-state index contributed by atoms with van der Waals surface area (Å²) in [5.41, 5.74) is 1.74. The maximum absolute atomic E-state index is 12.4. The third kappa shape index (κ3) is 3.95. The fourth-order valence-corrected chi connectivity index (χ4v) is 3.08. The van der Waals surface area contributed by atoms with E-state index in [2.05, 4.69) is 5.32 Å². The van der Waals surface area contributed by atoms with Crippen LogP contribution in [0, 0.1) is 6.92 Å². The van der Waals surface area contributed by atoms with Gasteiger partial charge in [0.05, 0.1) is 6.54 Å². The highest BCUT2D eigenvalue weighted by molar-refractivity contribution is 7.10. The van der Waals surface area contributed by atoms with Gasteiger partial charge in [0, 0.05) is 17.5 Å². The van der Waals surface area contributed by atoms with E-state index in [0.29, 0.717) is 12.1 Å². The molecule has 22 heavy (non-hydrogen) atoms. The Bertz CT molecular complexity index is 652. The summed E-state index contributed by atoms with van der Waals surface area (Å²) in [4.78, 5) is 27.2. The van der Waals surface area contributed by atoms with Crippen molar-refractivity contribution in [2.24, 2.45) is 0 Å². The Kier molecular flexibility index (Phi) is 5.33. The van der Waals surface area contributed by atoms with E-state index in [0.717, 1.165) is 4.88 Å². The summed E-state index contributed by atoms with van der Waals surface area (Å²) in [6.07, 6.45) is 0. The van der Waals surface area contributed by atoms with Gasteiger partial charge in [0.15, 0.2) is 0 Å². The first-order valence-corrected chi connectivity index (χ1v) is 8.01. The van der Waals surface area contributed by atoms with Crippen molar-refractivity contribution < 1.29 is 9.59 Å². The quantitative estimate of drug-likeness (QED) is 0.922. The minimum Gasteiger partial charge on any atom is -0.341 e. The number of amides is 2. The molecule has 5 heteroatoms. The van der Waals surface area contributed by atoms with Crippen molar-refractivity contribution in [2.75, 3.05) is 7.05 Å². The van der Waals surface area contributed by atoms with E-state index in [4.69, 9.17) is 0 Å². The monoisotopic (exact) mass is 316 g/mol. The zero-order chi connectivity index (χ0) is 16.1. The second-order valence-corrected chi connectivity index (χ2v) is 6.28. The molecular weight excluding hydrogens is 296 g/mol. The van der Waals surface area contributed by atoms with Gasteiger partial charge in [0.1, 0.15) is 6.04 Å². The molecule has 2 amide bonds. The van der Waals surface area contributed by atoms with Crippen LogP contribution in [0.2, 0.25) is 0 Å². The van der Waals surface area contributed by atoms with Gasteiger partial charge in [-0.25, -0.2) is 0 Å². The van der Waals surface area contributed by atoms with Gasteiger partial charge in [0.25, 0.3) is 5.91 Å². The first-order valence-electron chi connectivity index (χ1n) is 7.13. The number of hydrogen-bond acceptors (Lipinski definition) is 3. The number of aryl methyl sites for hydroxylation is 1. The van der Waals surface area contributed by atoms with Crippen LogP contribution in [0.4, 0.5) is 0 Å². The van der Waals surface area contributed by atoms with E-state index in [1.807, 2.05) is 24.4 Å². The number of carbonyl (C=O) groups excluding carboxylic acids is 2. The normalized spacial score (nSPS) is 11.8. The summed E-state index contributed by atoms with van der Waals surface area (Å²) in [6.45, 7) is 4.31. The number of nitrogens with zero attached hydrogens (tertiary/aromatic N) is 1. The third-order valence-electron chi connectivity index (χ3n) is 3.48. The van der Waals surface area contributed by atoms with E-state index in [-0.39, 0.29) is 11.8 Å². The van der Waals surface area contributed by atoms with Crippen molar-refractivity contribution in [3.8, 4) is 0 Å². The predicted octanol–water partition coefficient (Wildman–Crippen LogP) is 2.83. The molecule has 4 nitrogen and oxygen atoms in total. The summed E-state index contributed by atoms with van der Waals surface area (Å²) >= 11 is 1.64. The lowest BCUT2D eigenvalue weighted by Crippen LogP contribution is -2.45. The van der Waals surface area contributed by atoms with Crippen LogP contribution in [0.5, 0.6) is 0 Å². The summed E-state index contributed by atoms with van der Waals surface area (Å²) < 4.78 is 0. The largest absolute Gasteiger partial charge is 0.341 e. The molecule has 0 saturated heterocycles. The number of hydrogen-bond donors (Lipinski definition) is 1. The standard InChI is InChI=1S/C17H20N2O2S/c1-12-9-10-22-15(12)11-19(3)17(21)13(2)18-16(20)14-7-5-4-6-8-14/h4-10,13H,11H2,1-3H3,(H,18,20)/t13-/m0/s1. The van der Waals surface area contributed by atoms with Crippen molar-refractivity contribution >= 4 is 23.2 Å². The van der Waals surface area contributed by atoms with Gasteiger partial charge in [-0.1, -0.05) is 18.2 Å². The minimum atomic E-state index is -0.557. The Morgan fingerprint density at radius 2 is 1.91 bits per heavy atom. The number of benzene rings is 1. The number of rotatable bonds is 5. The second-order valence-electron chi connectivity index (χ2n) is 5.28. The van der Waals surface area contributed by atoms with Gasteiger partial charge in [-0.2, -0.15) is 0 Å². The fraction of sp³-hybridized carbons (Fsp3) is 0.294. The summed E-state index contributed by atoms with van der Waals surface area (Å²) in [7, 11) is 1.76. The Labute approximate surface area is 134 Å². The molecule has 0 aliphatic carbocycles. The molecule has 0 unspecified atom stereocenters. The highest BCUT2D eigenvalue weighted by Gasteiger charge is 2.20. The van der Waals surface area contributed by atoms with Gasteiger partial charge in [-0.15, -0.1) is 11.3 Å². The number of nitrogens with one attached hydrogen (secondary N) is 1. The maximum Gasteiger partial charge on any atom is 0.251 e. The van der Waals surface area contributed by atoms with Crippen LogP contribution in [0.15, 0.2) is 41.8 Å². The Morgan fingerprint density at radius 3 is 2.50 bits per heavy atom. The minimum absolute atomic E-state index is 0.0999. The number of thiophene rings is 1. The van der Waals surface area contributed by atoms with Crippen LogP contribution in [0.3, 0.4) is 0 Å². The lowest BCUT2D eigenvalue weighted by molar-refractivity contribution is -0.132. The molecule has 0 spiro atoms. The van der Waals surface area contributed by atoms with Crippen LogP contribution >= 0.6 is 11.3 Å². The maximum atomic E-state index is 12.4. The first-order chi connectivity index (χ1) is 10.5. The van der Waals surface area contributed by atoms with E-state index in [9.17, 15) is 9.59 Å². The zero-order valence-corrected chi connectivity index (χ0v) is 13.8. The molecule has 1 aromatic carbocycles. The highest BCUT2D eigenvalue weighted by Crippen LogP contribution is 2.17. The van der Waals surface area contributed by atoms with Crippen LogP contribution < -0.4 is 5.32 Å². The highest BCUT2D eigenvalue weighted by atomic mass is 32.1. The number of carbonyl (C=O) groups is 2. The molecular formula is C17H20N2O2S. The Morgan fingerprint density at radius 1 is 1.23 bits per heavy atom. The topological polar surface area (TPSA) is 49.4 Å². The third-order valence-corrected chi connectivity index (χ3v) is 4.49. The molecule has 1 aromatic heterocycles. The molecule has 2 rings (SSSR count). The lowest BCUT2D eigenvalue weighted by atomic mass is 10.2. The predicted molar refractivity (Wildman–Crippen MR) is 88.9 cm³/mol. The zero-order valence-electron chi connectivity index (χ0n) is 13.0. The van der Waals surface area contributed by atoms with Gasteiger partial charge in [0.2, 0.25) is 5.91 Å². The molecule has 1 atom stereocenters. The van der Waals surface area contributed by atoms with Gasteiger partial charge in [-0.05, 0) is 43.0 Å². The molecule has 116 valence electrons. The average Bonchev–Trinajstić information content (AvgIpc) is 2.92. The Hall–Kier alpha value is -2.14. The van der Waals surface area contributed by atoms with Crippen LogP contribution in [-0.2, 0) is 11.3 Å². The van der Waals surface area contributed by atoms with E-state index < -0.39 is 6.04 Å². The second kappa shape index (κ2) is 7.22. The van der Waals surface area contributed by atoms with Gasteiger partial charge < -0.3 is 10.2 Å². The van der Waals surface area contributed by atoms with Crippen molar-refractivity contribution in [1.29, 1.82) is 0 Å². The van der Waals surface area contributed by atoms with Crippen molar-refractivity contribution in [3.05, 3.63) is 57.8 Å².